The molecule has 2 rings (SSSR count). The van der Waals surface area contributed by atoms with Crippen molar-refractivity contribution in [3.05, 3.63) is 35.6 Å². The first-order chi connectivity index (χ1) is 6.16. The molecule has 0 unspecified atom stereocenters. The van der Waals surface area contributed by atoms with Crippen LogP contribution >= 0.6 is 15.9 Å². The Hall–Kier alpha value is -0.410. The van der Waals surface area contributed by atoms with Gasteiger partial charge in [0.25, 0.3) is 0 Å². The summed E-state index contributed by atoms with van der Waals surface area (Å²) in [5, 5.41) is 0.820. The maximum Gasteiger partial charge on any atom is 0.123 e. The van der Waals surface area contributed by atoms with Gasteiger partial charge >= 0.3 is 0 Å². The van der Waals surface area contributed by atoms with Crippen molar-refractivity contribution in [2.24, 2.45) is 0 Å². The van der Waals surface area contributed by atoms with Gasteiger partial charge in [-0.05, 0) is 24.6 Å². The molecule has 1 aromatic carbocycles. The highest BCUT2D eigenvalue weighted by atomic mass is 79.9. The fourth-order valence-corrected chi connectivity index (χ4v) is 2.22. The summed E-state index contributed by atoms with van der Waals surface area (Å²) in [7, 11) is 0. The molecule has 1 nitrogen and oxygen atoms in total. The fraction of sp³-hybridized carbons (Fsp3) is 0.400. The van der Waals surface area contributed by atoms with Crippen molar-refractivity contribution >= 4 is 15.9 Å². The lowest BCUT2D eigenvalue weighted by Crippen LogP contribution is -2.08. The molecule has 3 heteroatoms. The Morgan fingerprint density at radius 2 is 2.08 bits per heavy atom. The van der Waals surface area contributed by atoms with Crippen molar-refractivity contribution in [1.29, 1.82) is 0 Å². The van der Waals surface area contributed by atoms with Crippen molar-refractivity contribution in [2.75, 3.05) is 5.33 Å². The van der Waals surface area contributed by atoms with Gasteiger partial charge in [-0.1, -0.05) is 28.1 Å². The van der Waals surface area contributed by atoms with E-state index < -0.39 is 0 Å². The summed E-state index contributed by atoms with van der Waals surface area (Å²) < 4.78 is 18.1. The SMILES string of the molecule is C[C@]1(c2ccc(F)cc2)O[C@H]1CBr. The summed E-state index contributed by atoms with van der Waals surface area (Å²) in [6.45, 7) is 2.02. The molecule has 0 aliphatic carbocycles. The molecule has 1 aliphatic heterocycles. The van der Waals surface area contributed by atoms with E-state index in [1.807, 2.05) is 6.92 Å². The van der Waals surface area contributed by atoms with Gasteiger partial charge in [0.2, 0.25) is 0 Å². The highest BCUT2D eigenvalue weighted by Crippen LogP contribution is 2.46. The number of ether oxygens (including phenoxy) is 1. The zero-order valence-corrected chi connectivity index (χ0v) is 8.84. The van der Waals surface area contributed by atoms with Crippen LogP contribution in [0.3, 0.4) is 0 Å². The number of hydrogen-bond acceptors (Lipinski definition) is 1. The van der Waals surface area contributed by atoms with Gasteiger partial charge in [-0.15, -0.1) is 0 Å². The van der Waals surface area contributed by atoms with Gasteiger partial charge in [0.15, 0.2) is 0 Å². The predicted octanol–water partition coefficient (Wildman–Crippen LogP) is 2.83. The van der Waals surface area contributed by atoms with Crippen molar-refractivity contribution in [2.45, 2.75) is 18.6 Å². The van der Waals surface area contributed by atoms with Crippen LogP contribution in [0.2, 0.25) is 0 Å². The molecular formula is C10H10BrFO. The lowest BCUT2D eigenvalue weighted by atomic mass is 9.98. The molecule has 2 atom stereocenters. The number of halogens is 2. The quantitative estimate of drug-likeness (QED) is 0.576. The predicted molar refractivity (Wildman–Crippen MR) is 52.4 cm³/mol. The zero-order valence-electron chi connectivity index (χ0n) is 7.26. The highest BCUT2D eigenvalue weighted by Gasteiger charge is 2.52. The van der Waals surface area contributed by atoms with Gasteiger partial charge in [0.1, 0.15) is 17.5 Å². The molecule has 0 N–H and O–H groups in total. The minimum absolute atomic E-state index is 0.205. The molecule has 0 amide bonds. The Labute approximate surface area is 85.0 Å². The average Bonchev–Trinajstić information content (AvgIpc) is 2.80. The van der Waals surface area contributed by atoms with Crippen molar-refractivity contribution in [3.8, 4) is 0 Å². The molecule has 1 fully saturated rings. The van der Waals surface area contributed by atoms with Crippen molar-refractivity contribution in [1.82, 2.24) is 0 Å². The number of rotatable bonds is 2. The van der Waals surface area contributed by atoms with Crippen LogP contribution in [-0.4, -0.2) is 11.4 Å². The van der Waals surface area contributed by atoms with Gasteiger partial charge in [-0.25, -0.2) is 4.39 Å². The molecule has 1 saturated heterocycles. The van der Waals surface area contributed by atoms with E-state index >= 15 is 0 Å². The van der Waals surface area contributed by atoms with Crippen LogP contribution < -0.4 is 0 Å². The van der Waals surface area contributed by atoms with E-state index in [1.54, 1.807) is 12.1 Å². The van der Waals surface area contributed by atoms with Gasteiger partial charge in [0.05, 0.1) is 0 Å². The molecule has 1 heterocycles. The lowest BCUT2D eigenvalue weighted by Gasteiger charge is -2.05. The van der Waals surface area contributed by atoms with Crippen molar-refractivity contribution in [3.63, 3.8) is 0 Å². The maximum atomic E-state index is 12.6. The van der Waals surface area contributed by atoms with Crippen LogP contribution in [0, 0.1) is 5.82 Å². The normalized spacial score (nSPS) is 31.8. The van der Waals surface area contributed by atoms with Crippen LogP contribution in [0.1, 0.15) is 12.5 Å². The average molecular weight is 245 g/mol. The third-order valence-corrected chi connectivity index (χ3v) is 3.09. The largest absolute Gasteiger partial charge is 0.360 e. The number of hydrogen-bond donors (Lipinski definition) is 0. The van der Waals surface area contributed by atoms with E-state index in [1.165, 1.54) is 12.1 Å². The second kappa shape index (κ2) is 3.07. The molecule has 0 aromatic heterocycles. The van der Waals surface area contributed by atoms with Crippen LogP contribution in [0.5, 0.6) is 0 Å². The first-order valence-corrected chi connectivity index (χ1v) is 5.29. The monoisotopic (exact) mass is 244 g/mol. The van der Waals surface area contributed by atoms with Gasteiger partial charge in [-0.3, -0.25) is 0 Å². The Morgan fingerprint density at radius 1 is 1.46 bits per heavy atom. The topological polar surface area (TPSA) is 12.5 Å². The standard InChI is InChI=1S/C10H10BrFO/c1-10(9(6-11)13-10)7-2-4-8(12)5-3-7/h2-5,9H,6H2,1H3/t9-,10+/m0/s1. The highest BCUT2D eigenvalue weighted by molar-refractivity contribution is 9.09. The summed E-state index contributed by atoms with van der Waals surface area (Å²) >= 11 is 3.36. The third kappa shape index (κ3) is 1.51. The Kier molecular flexibility index (Phi) is 2.16. The molecule has 0 saturated carbocycles. The smallest absolute Gasteiger partial charge is 0.123 e. The summed E-state index contributed by atoms with van der Waals surface area (Å²) in [6, 6.07) is 6.48. The summed E-state index contributed by atoms with van der Waals surface area (Å²) in [5.41, 5.74) is 0.829. The van der Waals surface area contributed by atoms with E-state index in [2.05, 4.69) is 15.9 Å². The second-order valence-electron chi connectivity index (χ2n) is 3.37. The molecule has 70 valence electrons. The summed E-state index contributed by atoms with van der Waals surface area (Å²) in [6.07, 6.45) is 0.220. The number of epoxide rings is 1. The molecule has 13 heavy (non-hydrogen) atoms. The molecule has 0 bridgehead atoms. The summed E-state index contributed by atoms with van der Waals surface area (Å²) in [4.78, 5) is 0. The van der Waals surface area contributed by atoms with Crippen molar-refractivity contribution < 1.29 is 9.13 Å². The second-order valence-corrected chi connectivity index (χ2v) is 4.02. The first-order valence-electron chi connectivity index (χ1n) is 4.16. The van der Waals surface area contributed by atoms with Crippen LogP contribution in [0.4, 0.5) is 4.39 Å². The third-order valence-electron chi connectivity index (χ3n) is 2.50. The van der Waals surface area contributed by atoms with E-state index in [9.17, 15) is 4.39 Å². The zero-order chi connectivity index (χ0) is 9.47. The minimum Gasteiger partial charge on any atom is -0.360 e. The lowest BCUT2D eigenvalue weighted by molar-refractivity contribution is 0.317. The van der Waals surface area contributed by atoms with E-state index in [-0.39, 0.29) is 17.5 Å². The Bertz CT molecular complexity index is 311. The van der Waals surface area contributed by atoms with E-state index in [4.69, 9.17) is 4.74 Å². The van der Waals surface area contributed by atoms with Gasteiger partial charge < -0.3 is 4.74 Å². The molecule has 1 aromatic rings. The molecule has 1 aliphatic rings. The van der Waals surface area contributed by atoms with E-state index in [0.29, 0.717) is 0 Å². The molecular weight excluding hydrogens is 235 g/mol. The Balaban J connectivity index is 2.23. The van der Waals surface area contributed by atoms with Gasteiger partial charge in [0, 0.05) is 5.33 Å². The summed E-state index contributed by atoms with van der Waals surface area (Å²) in [5.74, 6) is -0.205. The van der Waals surface area contributed by atoms with E-state index in [0.717, 1.165) is 10.9 Å². The fourth-order valence-electron chi connectivity index (χ4n) is 1.47. The maximum absolute atomic E-state index is 12.6. The minimum atomic E-state index is -0.211. The Morgan fingerprint density at radius 3 is 2.54 bits per heavy atom. The molecule has 0 radical (unpaired) electrons. The number of alkyl halides is 1. The van der Waals surface area contributed by atoms with Gasteiger partial charge in [-0.2, -0.15) is 0 Å². The van der Waals surface area contributed by atoms with Crippen LogP contribution in [0.15, 0.2) is 24.3 Å². The van der Waals surface area contributed by atoms with Crippen LogP contribution in [0.25, 0.3) is 0 Å². The molecule has 0 spiro atoms. The first kappa shape index (κ1) is 9.16. The van der Waals surface area contributed by atoms with Crippen LogP contribution in [-0.2, 0) is 10.3 Å². The number of benzene rings is 1.